The third-order valence-corrected chi connectivity index (χ3v) is 5.27. The van der Waals surface area contributed by atoms with Crippen LogP contribution in [0.25, 0.3) is 0 Å². The summed E-state index contributed by atoms with van der Waals surface area (Å²) in [6.45, 7) is 3.60. The van der Waals surface area contributed by atoms with Gasteiger partial charge in [-0.05, 0) is 51.7 Å². The molecule has 0 fully saturated rings. The summed E-state index contributed by atoms with van der Waals surface area (Å²) in [6, 6.07) is -0.231. The van der Waals surface area contributed by atoms with Crippen molar-refractivity contribution in [1.82, 2.24) is 10.0 Å². The summed E-state index contributed by atoms with van der Waals surface area (Å²) < 4.78 is 25.6. The molecule has 0 amide bonds. The summed E-state index contributed by atoms with van der Waals surface area (Å²) in [5, 5.41) is 30.9. The van der Waals surface area contributed by atoms with E-state index in [1.54, 1.807) is 13.8 Å². The zero-order valence-electron chi connectivity index (χ0n) is 13.0. The summed E-state index contributed by atoms with van der Waals surface area (Å²) in [4.78, 5) is 0. The lowest BCUT2D eigenvalue weighted by Crippen LogP contribution is -2.38. The van der Waals surface area contributed by atoms with E-state index in [0.717, 1.165) is 0 Å². The molecule has 2 unspecified atom stereocenters. The quantitative estimate of drug-likeness (QED) is 0.318. The first-order valence-corrected chi connectivity index (χ1v) is 9.00. The largest absolute Gasteiger partial charge is 0.504 e. The average Bonchev–Trinajstić information content (AvgIpc) is 2.42. The Morgan fingerprint density at radius 3 is 2.55 bits per heavy atom. The summed E-state index contributed by atoms with van der Waals surface area (Å²) in [5.41, 5.74) is 0. The van der Waals surface area contributed by atoms with Crippen molar-refractivity contribution in [2.75, 3.05) is 6.54 Å². The van der Waals surface area contributed by atoms with E-state index in [2.05, 4.69) is 10.0 Å². The van der Waals surface area contributed by atoms with E-state index < -0.39 is 21.5 Å². The molecule has 0 radical (unpaired) electrons. The molecule has 7 nitrogen and oxygen atoms in total. The highest BCUT2D eigenvalue weighted by Crippen LogP contribution is 2.15. The lowest BCUT2D eigenvalue weighted by Gasteiger charge is -2.21. The maximum absolute atomic E-state index is 11.5. The fourth-order valence-corrected chi connectivity index (χ4v) is 2.74. The van der Waals surface area contributed by atoms with Crippen molar-refractivity contribution in [3.63, 3.8) is 0 Å². The van der Waals surface area contributed by atoms with Crippen molar-refractivity contribution < 1.29 is 23.7 Å². The van der Waals surface area contributed by atoms with Gasteiger partial charge in [-0.1, -0.05) is 0 Å². The monoisotopic (exact) mass is 334 g/mol. The van der Waals surface area contributed by atoms with Gasteiger partial charge in [-0.25, -0.2) is 13.1 Å². The summed E-state index contributed by atoms with van der Waals surface area (Å²) >= 11 is 0. The molecule has 0 aromatic heterocycles. The van der Waals surface area contributed by atoms with Crippen LogP contribution < -0.4 is 10.0 Å². The highest BCUT2D eigenvalue weighted by atomic mass is 32.2. The summed E-state index contributed by atoms with van der Waals surface area (Å²) in [6.07, 6.45) is 4.46. The van der Waals surface area contributed by atoms with E-state index in [1.165, 1.54) is 12.2 Å². The highest BCUT2D eigenvalue weighted by Gasteiger charge is 2.17. The number of hydrogen-bond donors (Lipinski definition) is 5. The number of aliphatic hydroxyl groups excluding tert-OH is 3. The zero-order valence-corrected chi connectivity index (χ0v) is 13.8. The topological polar surface area (TPSA) is 119 Å². The van der Waals surface area contributed by atoms with Crippen molar-refractivity contribution in [3.05, 3.63) is 23.7 Å². The smallest absolute Gasteiger partial charge is 0.213 e. The molecule has 0 saturated carbocycles. The normalized spacial score (nSPS) is 20.6. The van der Waals surface area contributed by atoms with E-state index >= 15 is 0 Å². The number of aliphatic hydroxyl groups is 3. The van der Waals surface area contributed by atoms with E-state index in [0.29, 0.717) is 32.2 Å². The maximum atomic E-state index is 11.5. The molecule has 1 aliphatic rings. The Balaban J connectivity index is 2.18. The SMILES string of the molecule is CC(C)S(=O)(=O)NCCCCC(O)NC1C=C(O)C(O)=CC1. The number of nitrogens with one attached hydrogen (secondary N) is 2. The molecule has 1 aliphatic carbocycles. The summed E-state index contributed by atoms with van der Waals surface area (Å²) in [7, 11) is -3.23. The molecule has 0 spiro atoms. The molecule has 2 atom stereocenters. The molecule has 128 valence electrons. The van der Waals surface area contributed by atoms with Crippen LogP contribution in [0, 0.1) is 0 Å². The van der Waals surface area contributed by atoms with E-state index in [1.807, 2.05) is 0 Å². The number of sulfonamides is 1. The third-order valence-electron chi connectivity index (χ3n) is 3.42. The van der Waals surface area contributed by atoms with Crippen molar-refractivity contribution in [1.29, 1.82) is 0 Å². The van der Waals surface area contributed by atoms with Crippen LogP contribution in [0.4, 0.5) is 0 Å². The zero-order chi connectivity index (χ0) is 16.8. The van der Waals surface area contributed by atoms with Crippen LogP contribution in [0.5, 0.6) is 0 Å². The number of unbranched alkanes of at least 4 members (excludes halogenated alkanes) is 1. The highest BCUT2D eigenvalue weighted by molar-refractivity contribution is 7.90. The molecule has 0 aromatic carbocycles. The average molecular weight is 334 g/mol. The van der Waals surface area contributed by atoms with Crippen LogP contribution in [-0.2, 0) is 10.0 Å². The second-order valence-corrected chi connectivity index (χ2v) is 7.97. The lowest BCUT2D eigenvalue weighted by molar-refractivity contribution is 0.115. The van der Waals surface area contributed by atoms with Crippen molar-refractivity contribution in [2.24, 2.45) is 0 Å². The Labute approximate surface area is 131 Å². The van der Waals surface area contributed by atoms with Crippen molar-refractivity contribution in [2.45, 2.75) is 57.1 Å². The molecular formula is C14H26N2O5S. The third kappa shape index (κ3) is 6.35. The molecule has 5 N–H and O–H groups in total. The van der Waals surface area contributed by atoms with Gasteiger partial charge < -0.3 is 15.3 Å². The predicted molar refractivity (Wildman–Crippen MR) is 84.9 cm³/mol. The Bertz CT molecular complexity index is 513. The molecule has 0 saturated heterocycles. The standard InChI is InChI=1S/C14H26N2O5S/c1-10(2)22(20,21)15-8-4-3-5-14(19)16-11-6-7-12(17)13(18)9-11/h7,9-11,14-19H,3-6,8H2,1-2H3. The Hall–Kier alpha value is -1.09. The van der Waals surface area contributed by atoms with Gasteiger partial charge in [0.15, 0.2) is 11.5 Å². The minimum absolute atomic E-state index is 0.148. The first-order chi connectivity index (χ1) is 10.2. The van der Waals surface area contributed by atoms with E-state index in [-0.39, 0.29) is 17.6 Å². The maximum Gasteiger partial charge on any atom is 0.213 e. The second kappa shape index (κ2) is 8.52. The number of hydrogen-bond acceptors (Lipinski definition) is 6. The van der Waals surface area contributed by atoms with Gasteiger partial charge in [-0.2, -0.15) is 0 Å². The Morgan fingerprint density at radius 2 is 1.95 bits per heavy atom. The molecule has 0 bridgehead atoms. The fraction of sp³-hybridized carbons (Fsp3) is 0.714. The van der Waals surface area contributed by atoms with Gasteiger partial charge in [0.25, 0.3) is 0 Å². The molecule has 0 aliphatic heterocycles. The van der Waals surface area contributed by atoms with Gasteiger partial charge in [-0.3, -0.25) is 5.32 Å². The lowest BCUT2D eigenvalue weighted by atomic mass is 10.1. The minimum Gasteiger partial charge on any atom is -0.504 e. The van der Waals surface area contributed by atoms with E-state index in [4.69, 9.17) is 0 Å². The van der Waals surface area contributed by atoms with Gasteiger partial charge >= 0.3 is 0 Å². The fourth-order valence-electron chi connectivity index (χ4n) is 1.98. The number of rotatable bonds is 9. The first kappa shape index (κ1) is 19.0. The predicted octanol–water partition coefficient (Wildman–Crippen LogP) is 1.05. The van der Waals surface area contributed by atoms with Crippen molar-refractivity contribution in [3.8, 4) is 0 Å². The van der Waals surface area contributed by atoms with Crippen LogP contribution in [0.15, 0.2) is 23.7 Å². The Kier molecular flexibility index (Phi) is 7.34. The molecule has 0 heterocycles. The molecule has 22 heavy (non-hydrogen) atoms. The van der Waals surface area contributed by atoms with Crippen LogP contribution in [0.2, 0.25) is 0 Å². The van der Waals surface area contributed by atoms with Crippen LogP contribution in [0.1, 0.15) is 39.5 Å². The second-order valence-electron chi connectivity index (χ2n) is 5.65. The van der Waals surface area contributed by atoms with Crippen LogP contribution in [-0.4, -0.2) is 47.8 Å². The van der Waals surface area contributed by atoms with Crippen LogP contribution in [0.3, 0.4) is 0 Å². The van der Waals surface area contributed by atoms with Gasteiger partial charge in [0.1, 0.15) is 6.23 Å². The van der Waals surface area contributed by atoms with Gasteiger partial charge in [-0.15, -0.1) is 0 Å². The summed E-state index contributed by atoms with van der Waals surface area (Å²) in [5.74, 6) is -0.344. The molecule has 1 rings (SSSR count). The first-order valence-electron chi connectivity index (χ1n) is 7.45. The molecule has 8 heteroatoms. The van der Waals surface area contributed by atoms with Crippen LogP contribution >= 0.6 is 0 Å². The minimum atomic E-state index is -3.23. The van der Waals surface area contributed by atoms with Gasteiger partial charge in [0, 0.05) is 12.6 Å². The Morgan fingerprint density at radius 1 is 1.27 bits per heavy atom. The van der Waals surface area contributed by atoms with Crippen molar-refractivity contribution >= 4 is 10.0 Å². The van der Waals surface area contributed by atoms with Gasteiger partial charge in [0.05, 0.1) is 5.25 Å². The molecule has 0 aromatic rings. The molecular weight excluding hydrogens is 308 g/mol. The van der Waals surface area contributed by atoms with E-state index in [9.17, 15) is 23.7 Å². The van der Waals surface area contributed by atoms with Gasteiger partial charge in [0.2, 0.25) is 10.0 Å².